The molecule has 1 aromatic carbocycles. The highest BCUT2D eigenvalue weighted by Crippen LogP contribution is 2.64. The van der Waals surface area contributed by atoms with E-state index in [9.17, 15) is 13.2 Å². The van der Waals surface area contributed by atoms with E-state index < -0.39 is 21.3 Å². The van der Waals surface area contributed by atoms with Gasteiger partial charge in [0.1, 0.15) is 5.78 Å². The Morgan fingerprint density at radius 3 is 2.42 bits per heavy atom. The first kappa shape index (κ1) is 20.0. The monoisotopic (exact) mass is 443 g/mol. The van der Waals surface area contributed by atoms with E-state index in [2.05, 4.69) is 34.1 Å². The van der Waals surface area contributed by atoms with Crippen LogP contribution in [0.3, 0.4) is 0 Å². The lowest BCUT2D eigenvalue weighted by Gasteiger charge is -2.35. The van der Waals surface area contributed by atoms with Crippen molar-refractivity contribution in [1.29, 1.82) is 0 Å². The summed E-state index contributed by atoms with van der Waals surface area (Å²) in [7, 11) is -4.08. The number of carbonyl (C=O) groups is 1. The van der Waals surface area contributed by atoms with Crippen molar-refractivity contribution in [1.82, 2.24) is 0 Å². The second-order valence-electron chi connectivity index (χ2n) is 8.47. The molecular weight excluding hydrogens is 418 g/mol. The average molecular weight is 444 g/mol. The van der Waals surface area contributed by atoms with Crippen LogP contribution in [0, 0.1) is 16.7 Å². The Morgan fingerprint density at radius 1 is 1.23 bits per heavy atom. The predicted molar refractivity (Wildman–Crippen MR) is 105 cm³/mol. The number of hydrogen-bond acceptors (Lipinski definition) is 4. The number of halogens is 1. The van der Waals surface area contributed by atoms with Gasteiger partial charge >= 0.3 is 0 Å². The highest BCUT2D eigenvalue weighted by Gasteiger charge is 2.65. The molecule has 1 unspecified atom stereocenters. The Morgan fingerprint density at radius 2 is 1.88 bits per heavy atom. The SMILES string of the molecule is CC1(C)C2CC[C@@]1(CS(=O)(=O)O)C(=O)C2.N[C@@H]1Cc2ccc(Br)cc2C1. The van der Waals surface area contributed by atoms with Crippen LogP contribution in [0.15, 0.2) is 22.7 Å². The predicted octanol–water partition coefficient (Wildman–Crippen LogP) is 3.14. The molecule has 144 valence electrons. The van der Waals surface area contributed by atoms with E-state index in [1.54, 1.807) is 0 Å². The van der Waals surface area contributed by atoms with Gasteiger partial charge in [0.05, 0.1) is 11.2 Å². The summed E-state index contributed by atoms with van der Waals surface area (Å²) in [5.41, 5.74) is 7.53. The first-order valence-electron chi connectivity index (χ1n) is 8.96. The fourth-order valence-electron chi connectivity index (χ4n) is 5.04. The molecule has 3 atom stereocenters. The van der Waals surface area contributed by atoms with Crippen molar-refractivity contribution < 1.29 is 17.8 Å². The number of hydrogen-bond donors (Lipinski definition) is 2. The van der Waals surface area contributed by atoms with Crippen molar-refractivity contribution >= 4 is 31.8 Å². The van der Waals surface area contributed by atoms with Gasteiger partial charge in [-0.2, -0.15) is 8.42 Å². The van der Waals surface area contributed by atoms with Gasteiger partial charge < -0.3 is 5.73 Å². The molecular formula is C19H26BrNO4S. The number of rotatable bonds is 2. The molecule has 7 heteroatoms. The lowest BCUT2D eigenvalue weighted by molar-refractivity contribution is -0.128. The van der Waals surface area contributed by atoms with E-state index in [-0.39, 0.29) is 17.1 Å². The van der Waals surface area contributed by atoms with Crippen LogP contribution >= 0.6 is 15.9 Å². The third-order valence-corrected chi connectivity index (χ3v) is 8.05. The summed E-state index contributed by atoms with van der Waals surface area (Å²) in [5, 5.41) is 0. The van der Waals surface area contributed by atoms with Crippen LogP contribution in [0.1, 0.15) is 44.2 Å². The maximum atomic E-state index is 11.9. The maximum Gasteiger partial charge on any atom is 0.265 e. The summed E-state index contributed by atoms with van der Waals surface area (Å²) >= 11 is 3.44. The minimum absolute atomic E-state index is 0.0152. The standard InChI is InChI=1S/C10H16O4S.C9H10BrN/c1-9(2)7-3-4-10(9,8(11)5-7)6-15(12,13)14;10-8-2-1-6-4-9(11)5-7(6)3-8/h7H,3-6H2,1-2H3,(H,12,13,14);1-3,9H,4-5,11H2/t7?,10-;9-/m11/s1. The maximum absolute atomic E-state index is 11.9. The van der Waals surface area contributed by atoms with Crippen molar-refractivity contribution in [3.05, 3.63) is 33.8 Å². The Kier molecular flexibility index (Phi) is 5.14. The molecule has 2 saturated carbocycles. The number of Topliss-reactive ketones (excluding diaryl/α,β-unsaturated/α-hetero) is 1. The van der Waals surface area contributed by atoms with Gasteiger partial charge in [-0.25, -0.2) is 0 Å². The molecule has 3 N–H and O–H groups in total. The Bertz CT molecular complexity index is 836. The molecule has 5 nitrogen and oxygen atoms in total. The van der Waals surface area contributed by atoms with Gasteiger partial charge in [-0.1, -0.05) is 35.8 Å². The molecule has 0 heterocycles. The highest BCUT2D eigenvalue weighted by atomic mass is 79.9. The summed E-state index contributed by atoms with van der Waals surface area (Å²) in [5.74, 6) is -0.101. The minimum atomic E-state index is -4.08. The Labute approximate surface area is 163 Å². The molecule has 0 aromatic heterocycles. The molecule has 0 amide bonds. The van der Waals surface area contributed by atoms with Crippen molar-refractivity contribution in [3.63, 3.8) is 0 Å². The van der Waals surface area contributed by atoms with E-state index in [0.717, 1.165) is 23.7 Å². The lowest BCUT2D eigenvalue weighted by Crippen LogP contribution is -2.42. The van der Waals surface area contributed by atoms with Gasteiger partial charge in [-0.05, 0) is 60.3 Å². The van der Waals surface area contributed by atoms with Gasteiger partial charge in [-0.15, -0.1) is 0 Å². The van der Waals surface area contributed by atoms with Crippen LogP contribution < -0.4 is 5.73 Å². The minimum Gasteiger partial charge on any atom is -0.327 e. The Balaban J connectivity index is 0.000000158. The first-order chi connectivity index (χ1) is 11.9. The molecule has 0 radical (unpaired) electrons. The van der Waals surface area contributed by atoms with E-state index in [4.69, 9.17) is 10.3 Å². The van der Waals surface area contributed by atoms with E-state index in [1.165, 1.54) is 11.1 Å². The van der Waals surface area contributed by atoms with Crippen LogP contribution in [-0.2, 0) is 27.8 Å². The smallest absolute Gasteiger partial charge is 0.265 e. The Hall–Kier alpha value is -0.760. The van der Waals surface area contributed by atoms with E-state index in [1.807, 2.05) is 13.8 Å². The summed E-state index contributed by atoms with van der Waals surface area (Å²) in [6.45, 7) is 3.89. The third kappa shape index (κ3) is 3.51. The summed E-state index contributed by atoms with van der Waals surface area (Å²) in [6.07, 6.45) is 4.05. The molecule has 1 aromatic rings. The van der Waals surface area contributed by atoms with Crippen LogP contribution in [0.5, 0.6) is 0 Å². The summed E-state index contributed by atoms with van der Waals surface area (Å²) in [6, 6.07) is 6.75. The van der Waals surface area contributed by atoms with Crippen molar-refractivity contribution in [2.75, 3.05) is 5.75 Å². The molecule has 2 bridgehead atoms. The van der Waals surface area contributed by atoms with Crippen LogP contribution in [0.4, 0.5) is 0 Å². The molecule has 2 fully saturated rings. The number of ketones is 1. The molecule has 4 rings (SSSR count). The van der Waals surface area contributed by atoms with Gasteiger partial charge in [0.2, 0.25) is 0 Å². The van der Waals surface area contributed by atoms with Crippen LogP contribution in [-0.4, -0.2) is 30.5 Å². The summed E-state index contributed by atoms with van der Waals surface area (Å²) < 4.78 is 32.1. The van der Waals surface area contributed by atoms with E-state index >= 15 is 0 Å². The first-order valence-corrected chi connectivity index (χ1v) is 11.4. The van der Waals surface area contributed by atoms with Crippen molar-refractivity contribution in [2.45, 2.75) is 52.0 Å². The molecule has 26 heavy (non-hydrogen) atoms. The fraction of sp³-hybridized carbons (Fsp3) is 0.632. The normalized spacial score (nSPS) is 31.5. The number of carbonyl (C=O) groups excluding carboxylic acids is 1. The van der Waals surface area contributed by atoms with Crippen molar-refractivity contribution in [2.24, 2.45) is 22.5 Å². The topological polar surface area (TPSA) is 97.5 Å². The van der Waals surface area contributed by atoms with Gasteiger partial charge in [0.15, 0.2) is 0 Å². The second-order valence-corrected chi connectivity index (χ2v) is 10.8. The lowest BCUT2D eigenvalue weighted by atomic mass is 9.70. The van der Waals surface area contributed by atoms with Gasteiger partial charge in [0, 0.05) is 16.9 Å². The average Bonchev–Trinajstić information content (AvgIpc) is 3.03. The number of fused-ring (bicyclic) bond motifs is 3. The second kappa shape index (κ2) is 6.69. The highest BCUT2D eigenvalue weighted by molar-refractivity contribution is 9.10. The quantitative estimate of drug-likeness (QED) is 0.683. The molecule has 0 aliphatic heterocycles. The van der Waals surface area contributed by atoms with E-state index in [0.29, 0.717) is 18.9 Å². The molecule has 0 saturated heterocycles. The van der Waals surface area contributed by atoms with Crippen molar-refractivity contribution in [3.8, 4) is 0 Å². The molecule has 3 aliphatic carbocycles. The number of nitrogens with two attached hydrogens (primary N) is 1. The number of benzene rings is 1. The van der Waals surface area contributed by atoms with Gasteiger partial charge in [0.25, 0.3) is 10.1 Å². The molecule has 3 aliphatic rings. The van der Waals surface area contributed by atoms with Crippen LogP contribution in [0.2, 0.25) is 0 Å². The molecule has 0 spiro atoms. The van der Waals surface area contributed by atoms with Crippen LogP contribution in [0.25, 0.3) is 0 Å². The summed E-state index contributed by atoms with van der Waals surface area (Å²) in [4.78, 5) is 11.9. The van der Waals surface area contributed by atoms with Gasteiger partial charge in [-0.3, -0.25) is 9.35 Å². The zero-order valence-electron chi connectivity index (χ0n) is 15.2. The third-order valence-electron chi connectivity index (χ3n) is 6.70. The fourth-order valence-corrected chi connectivity index (χ4v) is 6.75. The largest absolute Gasteiger partial charge is 0.327 e. The zero-order valence-corrected chi connectivity index (χ0v) is 17.6. The zero-order chi connectivity index (χ0) is 19.3.